The maximum atomic E-state index is 13.5. The molecular weight excluding hydrogens is 506 g/mol. The average Bonchev–Trinajstić information content (AvgIpc) is 2.92. The van der Waals surface area contributed by atoms with Gasteiger partial charge in [0.1, 0.15) is 11.4 Å². The molecule has 0 aliphatic rings. The van der Waals surface area contributed by atoms with Crippen LogP contribution in [-0.2, 0) is 4.79 Å². The SMILES string of the molecule is CN(c1ccc(O)cc1)c1ccc(C(=O)c2cc(C(=O)O)cc(N(C(=O)CC(C)(C)C)c3ccccc3)c2)nc1. The summed E-state index contributed by atoms with van der Waals surface area (Å²) in [5.74, 6) is -1.75. The third kappa shape index (κ3) is 6.53. The van der Waals surface area contributed by atoms with Gasteiger partial charge in [-0.25, -0.2) is 4.79 Å². The number of carboxylic acid groups (broad SMARTS) is 1. The van der Waals surface area contributed by atoms with Gasteiger partial charge in [0.25, 0.3) is 0 Å². The first-order valence-electron chi connectivity index (χ1n) is 12.7. The minimum absolute atomic E-state index is 0.103. The first-order valence-corrected chi connectivity index (χ1v) is 12.7. The number of benzene rings is 3. The number of phenols is 1. The highest BCUT2D eigenvalue weighted by Crippen LogP contribution is 2.32. The molecule has 8 nitrogen and oxygen atoms in total. The van der Waals surface area contributed by atoms with E-state index in [2.05, 4.69) is 4.98 Å². The number of para-hydroxylation sites is 1. The van der Waals surface area contributed by atoms with E-state index in [1.54, 1.807) is 66.9 Å². The molecule has 0 unspecified atom stereocenters. The van der Waals surface area contributed by atoms with E-state index in [-0.39, 0.29) is 46.0 Å². The molecule has 3 aromatic carbocycles. The molecule has 0 saturated carbocycles. The van der Waals surface area contributed by atoms with Crippen molar-refractivity contribution >= 4 is 40.4 Å². The molecule has 4 rings (SSSR count). The van der Waals surface area contributed by atoms with Gasteiger partial charge < -0.3 is 15.1 Å². The van der Waals surface area contributed by atoms with Crippen LogP contribution in [0.2, 0.25) is 0 Å². The number of rotatable bonds is 8. The van der Waals surface area contributed by atoms with Crippen molar-refractivity contribution in [1.82, 2.24) is 4.98 Å². The van der Waals surface area contributed by atoms with Gasteiger partial charge >= 0.3 is 5.97 Å². The van der Waals surface area contributed by atoms with Gasteiger partial charge in [0, 0.05) is 30.4 Å². The molecular formula is C32H31N3O5. The maximum absolute atomic E-state index is 13.5. The number of nitrogens with zero attached hydrogens (tertiary/aromatic N) is 3. The Morgan fingerprint density at radius 3 is 1.98 bits per heavy atom. The van der Waals surface area contributed by atoms with Crippen molar-refractivity contribution in [3.05, 3.63) is 108 Å². The van der Waals surface area contributed by atoms with Crippen LogP contribution in [0.3, 0.4) is 0 Å². The first kappa shape index (κ1) is 28.0. The number of carboxylic acids is 1. The summed E-state index contributed by atoms with van der Waals surface area (Å²) in [6.07, 6.45) is 1.76. The molecule has 8 heteroatoms. The lowest BCUT2D eigenvalue weighted by Crippen LogP contribution is -2.30. The molecule has 1 amide bonds. The van der Waals surface area contributed by atoms with Gasteiger partial charge in [0.15, 0.2) is 0 Å². The van der Waals surface area contributed by atoms with Gasteiger partial charge in [-0.15, -0.1) is 0 Å². The van der Waals surface area contributed by atoms with E-state index >= 15 is 0 Å². The Bertz CT molecular complexity index is 1530. The zero-order chi connectivity index (χ0) is 29.0. The largest absolute Gasteiger partial charge is 0.508 e. The van der Waals surface area contributed by atoms with Crippen LogP contribution in [0.1, 0.15) is 53.6 Å². The second-order valence-corrected chi connectivity index (χ2v) is 10.7. The number of carbonyl (C=O) groups excluding carboxylic acids is 2. The summed E-state index contributed by atoms with van der Waals surface area (Å²) in [6.45, 7) is 5.85. The third-order valence-corrected chi connectivity index (χ3v) is 6.24. The number of aromatic nitrogens is 1. The number of hydrogen-bond donors (Lipinski definition) is 2. The molecule has 0 atom stereocenters. The molecule has 0 aliphatic carbocycles. The summed E-state index contributed by atoms with van der Waals surface area (Å²) >= 11 is 0. The van der Waals surface area contributed by atoms with Gasteiger partial charge in [-0.2, -0.15) is 0 Å². The number of phenolic OH excluding ortho intramolecular Hbond substituents is 1. The summed E-state index contributed by atoms with van der Waals surface area (Å²) in [7, 11) is 1.83. The normalized spacial score (nSPS) is 11.1. The number of amides is 1. The van der Waals surface area contributed by atoms with Crippen LogP contribution < -0.4 is 9.80 Å². The minimum Gasteiger partial charge on any atom is -0.508 e. The number of hydrogen-bond acceptors (Lipinski definition) is 6. The Morgan fingerprint density at radius 1 is 0.775 bits per heavy atom. The van der Waals surface area contributed by atoms with Gasteiger partial charge in [-0.1, -0.05) is 39.0 Å². The molecule has 2 N–H and O–H groups in total. The molecule has 1 heterocycles. The molecule has 0 fully saturated rings. The van der Waals surface area contributed by atoms with E-state index in [0.29, 0.717) is 11.4 Å². The van der Waals surface area contributed by atoms with E-state index in [0.717, 1.165) is 5.69 Å². The topological polar surface area (TPSA) is 111 Å². The van der Waals surface area contributed by atoms with E-state index in [4.69, 9.17) is 0 Å². The summed E-state index contributed by atoms with van der Waals surface area (Å²) in [5, 5.41) is 19.4. The number of anilines is 4. The lowest BCUT2D eigenvalue weighted by molar-refractivity contribution is -0.119. The monoisotopic (exact) mass is 537 g/mol. The quantitative estimate of drug-likeness (QED) is 0.244. The van der Waals surface area contributed by atoms with Crippen molar-refractivity contribution in [2.75, 3.05) is 16.8 Å². The van der Waals surface area contributed by atoms with Crippen LogP contribution in [-0.4, -0.2) is 39.9 Å². The zero-order valence-electron chi connectivity index (χ0n) is 22.8. The van der Waals surface area contributed by atoms with Crippen LogP contribution in [0.25, 0.3) is 0 Å². The average molecular weight is 538 g/mol. The standard InChI is InChI=1S/C32H31N3O5/c1-32(2,3)19-29(37)35(24-8-6-5-7-9-24)26-17-21(16-22(18-26)31(39)40)30(38)28-15-12-25(20-33-28)34(4)23-10-13-27(36)14-11-23/h5-18,20,36H,19H2,1-4H3,(H,39,40). The van der Waals surface area contributed by atoms with Crippen LogP contribution in [0, 0.1) is 5.41 Å². The lowest BCUT2D eigenvalue weighted by atomic mass is 9.91. The summed E-state index contributed by atoms with van der Waals surface area (Å²) in [4.78, 5) is 46.7. The first-order chi connectivity index (χ1) is 18.9. The molecule has 4 aromatic rings. The van der Waals surface area contributed by atoms with E-state index in [9.17, 15) is 24.6 Å². The summed E-state index contributed by atoms with van der Waals surface area (Å²) in [5.41, 5.74) is 2.18. The smallest absolute Gasteiger partial charge is 0.335 e. The number of ketones is 1. The zero-order valence-corrected chi connectivity index (χ0v) is 22.8. The third-order valence-electron chi connectivity index (χ3n) is 6.24. The van der Waals surface area contributed by atoms with Crippen LogP contribution in [0.15, 0.2) is 91.1 Å². The Labute approximate surface area is 233 Å². The Hall–Kier alpha value is -4.98. The highest BCUT2D eigenvalue weighted by Gasteiger charge is 2.26. The Kier molecular flexibility index (Phi) is 8.00. The number of carbonyl (C=O) groups is 3. The second kappa shape index (κ2) is 11.4. The van der Waals surface area contributed by atoms with Gasteiger partial charge in [-0.3, -0.25) is 19.5 Å². The fourth-order valence-electron chi connectivity index (χ4n) is 4.23. The summed E-state index contributed by atoms with van der Waals surface area (Å²) < 4.78 is 0. The van der Waals surface area contributed by atoms with Crippen molar-refractivity contribution in [2.45, 2.75) is 27.2 Å². The second-order valence-electron chi connectivity index (χ2n) is 10.7. The molecule has 0 aliphatic heterocycles. The van der Waals surface area contributed by atoms with E-state index in [1.807, 2.05) is 38.8 Å². The lowest BCUT2D eigenvalue weighted by Gasteiger charge is -2.27. The predicted molar refractivity (Wildman–Crippen MR) is 155 cm³/mol. The van der Waals surface area contributed by atoms with Crippen LogP contribution in [0.4, 0.5) is 22.7 Å². The van der Waals surface area contributed by atoms with E-state index in [1.165, 1.54) is 23.1 Å². The maximum Gasteiger partial charge on any atom is 0.335 e. The number of aromatic carboxylic acids is 1. The Balaban J connectivity index is 1.72. The molecule has 0 bridgehead atoms. The van der Waals surface area contributed by atoms with E-state index < -0.39 is 11.8 Å². The molecule has 204 valence electrons. The van der Waals surface area contributed by atoms with Gasteiger partial charge in [0.2, 0.25) is 11.7 Å². The van der Waals surface area contributed by atoms with Crippen molar-refractivity contribution in [3.63, 3.8) is 0 Å². The van der Waals surface area contributed by atoms with Crippen molar-refractivity contribution in [2.24, 2.45) is 5.41 Å². The molecule has 1 aromatic heterocycles. The highest BCUT2D eigenvalue weighted by atomic mass is 16.4. The fourth-order valence-corrected chi connectivity index (χ4v) is 4.23. The van der Waals surface area contributed by atoms with Crippen LogP contribution in [0.5, 0.6) is 5.75 Å². The minimum atomic E-state index is -1.22. The molecule has 0 spiro atoms. The summed E-state index contributed by atoms with van der Waals surface area (Å²) in [6, 6.07) is 23.1. The number of aromatic hydroxyl groups is 1. The Morgan fingerprint density at radius 2 is 1.40 bits per heavy atom. The van der Waals surface area contributed by atoms with Gasteiger partial charge in [0.05, 0.1) is 23.1 Å². The molecule has 40 heavy (non-hydrogen) atoms. The van der Waals surface area contributed by atoms with Crippen molar-refractivity contribution in [3.8, 4) is 5.75 Å². The fraction of sp³-hybridized carbons (Fsp3) is 0.188. The highest BCUT2D eigenvalue weighted by molar-refractivity contribution is 6.11. The predicted octanol–water partition coefficient (Wildman–Crippen LogP) is 6.59. The molecule has 0 saturated heterocycles. The van der Waals surface area contributed by atoms with Crippen molar-refractivity contribution < 1.29 is 24.6 Å². The number of pyridine rings is 1. The van der Waals surface area contributed by atoms with Gasteiger partial charge in [-0.05, 0) is 72.1 Å². The van der Waals surface area contributed by atoms with Crippen LogP contribution >= 0.6 is 0 Å². The molecule has 0 radical (unpaired) electrons. The van der Waals surface area contributed by atoms with Crippen molar-refractivity contribution in [1.29, 1.82) is 0 Å².